The Hall–Kier alpha value is -4.46. The normalized spacial score (nSPS) is 15.2. The maximum atomic E-state index is 13.0. The molecule has 4 aromatic rings. The van der Waals surface area contributed by atoms with Crippen LogP contribution in [0.2, 0.25) is 0 Å². The zero-order valence-corrected chi connectivity index (χ0v) is 17.4. The summed E-state index contributed by atoms with van der Waals surface area (Å²) in [4.78, 5) is 25.4. The highest BCUT2D eigenvalue weighted by molar-refractivity contribution is 5.93. The molecule has 2 heterocycles. The van der Waals surface area contributed by atoms with Crippen LogP contribution in [0.1, 0.15) is 23.5 Å². The summed E-state index contributed by atoms with van der Waals surface area (Å²) in [5, 5.41) is 30.0. The van der Waals surface area contributed by atoms with Gasteiger partial charge < -0.3 is 29.2 Å². The Balaban J connectivity index is 1.83. The van der Waals surface area contributed by atoms with Gasteiger partial charge in [-0.3, -0.25) is 9.59 Å². The molecule has 0 bridgehead atoms. The number of esters is 1. The lowest BCUT2D eigenvalue weighted by molar-refractivity contribution is -0.135. The quantitative estimate of drug-likeness (QED) is 0.245. The van der Waals surface area contributed by atoms with Gasteiger partial charge in [-0.15, -0.1) is 0 Å². The van der Waals surface area contributed by atoms with Crippen molar-refractivity contribution in [3.63, 3.8) is 0 Å². The molecule has 0 spiro atoms. The fourth-order valence-corrected chi connectivity index (χ4v) is 4.20. The van der Waals surface area contributed by atoms with Crippen LogP contribution in [0.25, 0.3) is 22.3 Å². The molecule has 1 atom stereocenters. The summed E-state index contributed by atoms with van der Waals surface area (Å²) in [5.74, 6) is -1.41. The molecule has 3 aromatic carbocycles. The van der Waals surface area contributed by atoms with Gasteiger partial charge in [-0.1, -0.05) is 18.2 Å². The average molecular weight is 446 g/mol. The fraction of sp³-hybridized carbons (Fsp3) is 0.120. The van der Waals surface area contributed by atoms with Crippen LogP contribution >= 0.6 is 0 Å². The van der Waals surface area contributed by atoms with Crippen LogP contribution in [-0.2, 0) is 4.79 Å². The first-order chi connectivity index (χ1) is 15.9. The largest absolute Gasteiger partial charge is 0.507 e. The van der Waals surface area contributed by atoms with E-state index in [1.165, 1.54) is 37.4 Å². The van der Waals surface area contributed by atoms with Crippen molar-refractivity contribution >= 4 is 16.9 Å². The van der Waals surface area contributed by atoms with Crippen molar-refractivity contribution < 1.29 is 34.0 Å². The Morgan fingerprint density at radius 2 is 1.73 bits per heavy atom. The average Bonchev–Trinajstić information content (AvgIpc) is 2.79. The first kappa shape index (κ1) is 20.4. The summed E-state index contributed by atoms with van der Waals surface area (Å²) in [6, 6.07) is 13.6. The summed E-state index contributed by atoms with van der Waals surface area (Å²) in [7, 11) is 1.52. The number of fused-ring (bicyclic) bond motifs is 3. The molecule has 0 radical (unpaired) electrons. The van der Waals surface area contributed by atoms with Gasteiger partial charge in [0.2, 0.25) is 0 Å². The van der Waals surface area contributed by atoms with Gasteiger partial charge in [0, 0.05) is 34.7 Å². The molecule has 0 saturated heterocycles. The van der Waals surface area contributed by atoms with Gasteiger partial charge in [0.1, 0.15) is 34.0 Å². The van der Waals surface area contributed by atoms with E-state index in [9.17, 15) is 24.9 Å². The number of methoxy groups -OCH3 is 1. The predicted molar refractivity (Wildman–Crippen MR) is 118 cm³/mol. The van der Waals surface area contributed by atoms with Gasteiger partial charge in [-0.25, -0.2) is 0 Å². The summed E-state index contributed by atoms with van der Waals surface area (Å²) in [6.45, 7) is 0. The van der Waals surface area contributed by atoms with Gasteiger partial charge in [0.25, 0.3) is 0 Å². The van der Waals surface area contributed by atoms with Crippen molar-refractivity contribution in [2.24, 2.45) is 0 Å². The summed E-state index contributed by atoms with van der Waals surface area (Å²) in [6.07, 6.45) is -0.0266. The highest BCUT2D eigenvalue weighted by atomic mass is 16.5. The molecular weight excluding hydrogens is 428 g/mol. The second-order valence-electron chi connectivity index (χ2n) is 7.66. The summed E-state index contributed by atoms with van der Waals surface area (Å²) in [5.41, 5.74) is 0.996. The number of carbonyl (C=O) groups excluding carboxylic acids is 1. The van der Waals surface area contributed by atoms with Crippen LogP contribution in [0.5, 0.6) is 28.7 Å². The molecule has 1 aromatic heterocycles. The van der Waals surface area contributed by atoms with Crippen molar-refractivity contribution in [1.82, 2.24) is 0 Å². The van der Waals surface area contributed by atoms with Crippen LogP contribution in [0.4, 0.5) is 0 Å². The topological polar surface area (TPSA) is 126 Å². The predicted octanol–water partition coefficient (Wildman–Crippen LogP) is 4.03. The minimum Gasteiger partial charge on any atom is -0.507 e. The maximum Gasteiger partial charge on any atom is 0.312 e. The third-order valence-electron chi connectivity index (χ3n) is 5.70. The number of ether oxygens (including phenoxy) is 2. The minimum absolute atomic E-state index is 0.0266. The standard InChI is InChI=1S/C25H18O8/c1-31-19-5-3-2-4-13(19)14-9-22(30)32-21-11-18(29)24-17(28)10-20(33-25(24)23(14)21)12-6-7-15(26)16(27)8-12/h2-8,10-11,14,26-27,29H,9H2,1H3/t14-/m0/s1. The Kier molecular flexibility index (Phi) is 4.70. The van der Waals surface area contributed by atoms with E-state index in [0.717, 1.165) is 0 Å². The Bertz CT molecular complexity index is 1480. The van der Waals surface area contributed by atoms with Crippen LogP contribution in [-0.4, -0.2) is 28.4 Å². The van der Waals surface area contributed by atoms with E-state index in [0.29, 0.717) is 22.4 Å². The van der Waals surface area contributed by atoms with Crippen molar-refractivity contribution in [2.45, 2.75) is 12.3 Å². The third-order valence-corrected chi connectivity index (χ3v) is 5.70. The van der Waals surface area contributed by atoms with Gasteiger partial charge >= 0.3 is 5.97 Å². The monoisotopic (exact) mass is 446 g/mol. The van der Waals surface area contributed by atoms with Crippen LogP contribution < -0.4 is 14.9 Å². The molecule has 0 aliphatic carbocycles. The number of rotatable bonds is 3. The lowest BCUT2D eigenvalue weighted by Gasteiger charge is -2.27. The number of hydrogen-bond acceptors (Lipinski definition) is 8. The van der Waals surface area contributed by atoms with E-state index in [4.69, 9.17) is 13.9 Å². The number of phenolic OH excluding ortho intramolecular Hbond substituents is 3. The Morgan fingerprint density at radius 3 is 2.48 bits per heavy atom. The van der Waals surface area contributed by atoms with E-state index >= 15 is 0 Å². The Morgan fingerprint density at radius 1 is 0.939 bits per heavy atom. The SMILES string of the molecule is COc1ccccc1[C@@H]1CC(=O)Oc2cc(O)c3c(=O)cc(-c4ccc(O)c(O)c4)oc3c21. The highest BCUT2D eigenvalue weighted by Gasteiger charge is 2.35. The zero-order valence-electron chi connectivity index (χ0n) is 17.4. The molecule has 166 valence electrons. The molecule has 5 rings (SSSR count). The molecule has 0 amide bonds. The molecule has 33 heavy (non-hydrogen) atoms. The van der Waals surface area contributed by atoms with Gasteiger partial charge in [0.05, 0.1) is 13.5 Å². The summed E-state index contributed by atoms with van der Waals surface area (Å²) >= 11 is 0. The lowest BCUT2D eigenvalue weighted by Crippen LogP contribution is -2.22. The smallest absolute Gasteiger partial charge is 0.312 e. The third kappa shape index (κ3) is 3.32. The molecular formula is C25H18O8. The van der Waals surface area contributed by atoms with E-state index < -0.39 is 17.3 Å². The molecule has 0 unspecified atom stereocenters. The van der Waals surface area contributed by atoms with Crippen molar-refractivity contribution in [3.05, 3.63) is 75.9 Å². The van der Waals surface area contributed by atoms with Crippen molar-refractivity contribution in [1.29, 1.82) is 0 Å². The van der Waals surface area contributed by atoms with Gasteiger partial charge in [-0.05, 0) is 24.3 Å². The molecule has 1 aliphatic heterocycles. The maximum absolute atomic E-state index is 13.0. The van der Waals surface area contributed by atoms with Crippen molar-refractivity contribution in [2.75, 3.05) is 7.11 Å². The number of para-hydroxylation sites is 1. The molecule has 0 fully saturated rings. The number of hydrogen-bond donors (Lipinski definition) is 3. The van der Waals surface area contributed by atoms with Crippen molar-refractivity contribution in [3.8, 4) is 40.1 Å². The lowest BCUT2D eigenvalue weighted by atomic mass is 9.84. The summed E-state index contributed by atoms with van der Waals surface area (Å²) < 4.78 is 17.0. The van der Waals surface area contributed by atoms with Gasteiger partial charge in [-0.2, -0.15) is 0 Å². The number of phenols is 3. The van der Waals surface area contributed by atoms with E-state index in [1.54, 1.807) is 18.2 Å². The van der Waals surface area contributed by atoms with Crippen LogP contribution in [0.15, 0.2) is 63.8 Å². The van der Waals surface area contributed by atoms with E-state index in [1.807, 2.05) is 6.07 Å². The van der Waals surface area contributed by atoms with Crippen LogP contribution in [0, 0.1) is 0 Å². The highest BCUT2D eigenvalue weighted by Crippen LogP contribution is 2.47. The molecule has 3 N–H and O–H groups in total. The zero-order chi connectivity index (χ0) is 23.3. The first-order valence-electron chi connectivity index (χ1n) is 10.1. The Labute approximate surface area is 186 Å². The van der Waals surface area contributed by atoms with E-state index in [2.05, 4.69) is 0 Å². The first-order valence-corrected chi connectivity index (χ1v) is 10.1. The second-order valence-corrected chi connectivity index (χ2v) is 7.66. The van der Waals surface area contributed by atoms with E-state index in [-0.39, 0.29) is 46.1 Å². The molecule has 1 aliphatic rings. The fourth-order valence-electron chi connectivity index (χ4n) is 4.20. The number of benzene rings is 3. The number of aromatic hydroxyl groups is 3. The van der Waals surface area contributed by atoms with Crippen LogP contribution in [0.3, 0.4) is 0 Å². The molecule has 8 heteroatoms. The molecule has 0 saturated carbocycles. The molecule has 8 nitrogen and oxygen atoms in total. The minimum atomic E-state index is -0.563. The van der Waals surface area contributed by atoms with Gasteiger partial charge in [0.15, 0.2) is 16.9 Å². The second kappa shape index (κ2) is 7.59. The number of carbonyl (C=O) groups is 1.